The first kappa shape index (κ1) is 28.1. The predicted molar refractivity (Wildman–Crippen MR) is 150 cm³/mol. The fraction of sp³-hybridized carbons (Fsp3) is 0.656. The van der Waals surface area contributed by atoms with Crippen molar-refractivity contribution in [3.63, 3.8) is 0 Å². The fourth-order valence-electron chi connectivity index (χ4n) is 8.95. The molecule has 0 unspecified atom stereocenters. The smallest absolute Gasteiger partial charge is 0.302 e. The molecule has 0 N–H and O–H groups in total. The number of rotatable bonds is 5. The molecule has 218 valence electrons. The SMILES string of the molecule is CC(=O)O[C@@H]1C[C@H]2[C@@H](CC=C3C[C@@H](OS(=O)(=O)c4ccccc4C)CC[C@@]32C)C2=CC[C@H](C3(C)OCCO3)[C@]21C. The summed E-state index contributed by atoms with van der Waals surface area (Å²) in [4.78, 5) is 12.6. The number of fused-ring (bicyclic) bond motifs is 5. The van der Waals surface area contributed by atoms with Gasteiger partial charge in [-0.1, -0.05) is 55.3 Å². The third-order valence-corrected chi connectivity index (χ3v) is 12.5. The molecule has 6 rings (SSSR count). The van der Waals surface area contributed by atoms with Gasteiger partial charge < -0.3 is 14.2 Å². The topological polar surface area (TPSA) is 88.1 Å². The quantitative estimate of drug-likeness (QED) is 0.248. The molecule has 1 aromatic rings. The van der Waals surface area contributed by atoms with E-state index < -0.39 is 15.9 Å². The van der Waals surface area contributed by atoms with Gasteiger partial charge in [-0.15, -0.1) is 0 Å². The van der Waals surface area contributed by atoms with Gasteiger partial charge in [-0.2, -0.15) is 8.42 Å². The minimum atomic E-state index is -3.85. The second-order valence-electron chi connectivity index (χ2n) is 13.1. The normalized spacial score (nSPS) is 38.5. The van der Waals surface area contributed by atoms with Crippen LogP contribution >= 0.6 is 0 Å². The number of allylic oxidation sites excluding steroid dienone is 2. The summed E-state index contributed by atoms with van der Waals surface area (Å²) >= 11 is 0. The van der Waals surface area contributed by atoms with Crippen LogP contribution < -0.4 is 0 Å². The van der Waals surface area contributed by atoms with E-state index in [-0.39, 0.29) is 39.8 Å². The number of hydrogen-bond acceptors (Lipinski definition) is 7. The summed E-state index contributed by atoms with van der Waals surface area (Å²) in [6, 6.07) is 6.97. The number of carbonyl (C=O) groups is 1. The summed E-state index contributed by atoms with van der Waals surface area (Å²) in [7, 11) is -3.85. The van der Waals surface area contributed by atoms with Crippen molar-refractivity contribution in [2.24, 2.45) is 28.6 Å². The molecule has 1 aromatic carbocycles. The Morgan fingerprint density at radius 2 is 1.77 bits per heavy atom. The van der Waals surface area contributed by atoms with Gasteiger partial charge in [0, 0.05) is 18.3 Å². The summed E-state index contributed by atoms with van der Waals surface area (Å²) in [6.07, 6.45) is 8.66. The monoisotopic (exact) mass is 570 g/mol. The van der Waals surface area contributed by atoms with Gasteiger partial charge in [0.1, 0.15) is 6.10 Å². The standard InChI is InChI=1S/C32H42O7S/c1-20-8-6-7-9-27(20)40(34,35)39-23-14-15-30(3)22(18-23)10-11-24-25-12-13-28(32(5)36-16-17-37-32)31(25,4)29(19-26(24)30)38-21(2)33/h6-10,12,23-24,26,28-29H,11,13-19H2,1-5H3/t23-,24-,26-,28-,29+,30-,31-/m0/s1. The molecule has 7 nitrogen and oxygen atoms in total. The van der Waals surface area contributed by atoms with E-state index >= 15 is 0 Å². The Hall–Kier alpha value is -2.00. The molecule has 0 aromatic heterocycles. The average molecular weight is 571 g/mol. The molecular weight excluding hydrogens is 528 g/mol. The highest BCUT2D eigenvalue weighted by Gasteiger charge is 2.64. The van der Waals surface area contributed by atoms with Crippen molar-refractivity contribution in [2.75, 3.05) is 13.2 Å². The number of carbonyl (C=O) groups excluding carboxylic acids is 1. The molecule has 0 amide bonds. The van der Waals surface area contributed by atoms with E-state index in [1.165, 1.54) is 18.1 Å². The van der Waals surface area contributed by atoms with Crippen molar-refractivity contribution >= 4 is 16.1 Å². The van der Waals surface area contributed by atoms with Gasteiger partial charge >= 0.3 is 5.97 Å². The first-order chi connectivity index (χ1) is 18.9. The molecule has 1 heterocycles. The maximum atomic E-state index is 13.1. The third-order valence-electron chi connectivity index (χ3n) is 11.0. The number of ether oxygens (including phenoxy) is 3. The van der Waals surface area contributed by atoms with Crippen LogP contribution in [-0.4, -0.2) is 45.6 Å². The molecule has 0 spiro atoms. The van der Waals surface area contributed by atoms with Crippen LogP contribution in [0.4, 0.5) is 0 Å². The zero-order valence-corrected chi connectivity index (χ0v) is 25.1. The van der Waals surface area contributed by atoms with Crippen LogP contribution in [0, 0.1) is 35.5 Å². The molecule has 3 fully saturated rings. The molecule has 40 heavy (non-hydrogen) atoms. The number of hydrogen-bond donors (Lipinski definition) is 0. The average Bonchev–Trinajstić information content (AvgIpc) is 3.49. The highest BCUT2D eigenvalue weighted by atomic mass is 32.2. The van der Waals surface area contributed by atoms with Crippen LogP contribution in [0.25, 0.3) is 0 Å². The Morgan fingerprint density at radius 1 is 1.05 bits per heavy atom. The lowest BCUT2D eigenvalue weighted by atomic mass is 9.47. The number of aryl methyl sites for hydroxylation is 1. The summed E-state index contributed by atoms with van der Waals surface area (Å²) in [5, 5.41) is 0. The second-order valence-corrected chi connectivity index (χ2v) is 14.6. The highest BCUT2D eigenvalue weighted by molar-refractivity contribution is 7.86. The van der Waals surface area contributed by atoms with Crippen LogP contribution in [0.15, 0.2) is 52.5 Å². The Labute approximate surface area is 238 Å². The molecule has 1 aliphatic heterocycles. The van der Waals surface area contributed by atoms with E-state index in [0.29, 0.717) is 43.5 Å². The number of benzene rings is 1. The van der Waals surface area contributed by atoms with Gasteiger partial charge in [-0.3, -0.25) is 8.98 Å². The van der Waals surface area contributed by atoms with Crippen molar-refractivity contribution in [3.05, 3.63) is 53.1 Å². The van der Waals surface area contributed by atoms with Gasteiger partial charge in [-0.25, -0.2) is 0 Å². The molecule has 8 heteroatoms. The summed E-state index contributed by atoms with van der Waals surface area (Å²) in [6.45, 7) is 11.1. The van der Waals surface area contributed by atoms with Crippen molar-refractivity contribution in [3.8, 4) is 0 Å². The van der Waals surface area contributed by atoms with Crippen LogP contribution in [0.5, 0.6) is 0 Å². The zero-order chi connectivity index (χ0) is 28.5. The Kier molecular flexibility index (Phi) is 6.88. The van der Waals surface area contributed by atoms with Crippen molar-refractivity contribution < 1.29 is 31.6 Å². The molecule has 1 saturated heterocycles. The maximum absolute atomic E-state index is 13.1. The van der Waals surface area contributed by atoms with E-state index in [9.17, 15) is 13.2 Å². The molecule has 0 radical (unpaired) electrons. The van der Waals surface area contributed by atoms with Crippen molar-refractivity contribution in [1.29, 1.82) is 0 Å². The van der Waals surface area contributed by atoms with Crippen molar-refractivity contribution in [2.45, 2.75) is 96.0 Å². The van der Waals surface area contributed by atoms with Crippen LogP contribution in [0.3, 0.4) is 0 Å². The van der Waals surface area contributed by atoms with Gasteiger partial charge in [0.15, 0.2) is 5.79 Å². The Balaban J connectivity index is 1.28. The predicted octanol–water partition coefficient (Wildman–Crippen LogP) is 5.87. The van der Waals surface area contributed by atoms with E-state index in [2.05, 4.69) is 26.0 Å². The van der Waals surface area contributed by atoms with Crippen LogP contribution in [0.2, 0.25) is 0 Å². The molecule has 5 aliphatic rings. The zero-order valence-electron chi connectivity index (χ0n) is 24.3. The van der Waals surface area contributed by atoms with Gasteiger partial charge in [0.2, 0.25) is 0 Å². The first-order valence-electron chi connectivity index (χ1n) is 14.7. The minimum Gasteiger partial charge on any atom is -0.462 e. The lowest BCUT2D eigenvalue weighted by molar-refractivity contribution is -0.223. The maximum Gasteiger partial charge on any atom is 0.302 e. The van der Waals surface area contributed by atoms with E-state index in [4.69, 9.17) is 18.4 Å². The summed E-state index contributed by atoms with van der Waals surface area (Å²) < 4.78 is 50.6. The largest absolute Gasteiger partial charge is 0.462 e. The Morgan fingerprint density at radius 3 is 2.48 bits per heavy atom. The lowest BCUT2D eigenvalue weighted by Crippen LogP contribution is -2.58. The first-order valence-corrected chi connectivity index (χ1v) is 16.1. The van der Waals surface area contributed by atoms with E-state index in [1.54, 1.807) is 25.1 Å². The molecule has 2 saturated carbocycles. The molecule has 0 bridgehead atoms. The lowest BCUT2D eigenvalue weighted by Gasteiger charge is -2.59. The van der Waals surface area contributed by atoms with E-state index in [1.807, 2.05) is 13.0 Å². The second kappa shape index (κ2) is 9.79. The summed E-state index contributed by atoms with van der Waals surface area (Å²) in [5.74, 6) is -0.258. The third kappa shape index (κ3) is 4.32. The van der Waals surface area contributed by atoms with Gasteiger partial charge in [0.25, 0.3) is 10.1 Å². The van der Waals surface area contributed by atoms with Gasteiger partial charge in [0.05, 0.1) is 24.2 Å². The highest BCUT2D eigenvalue weighted by Crippen LogP contribution is 2.67. The fourth-order valence-corrected chi connectivity index (χ4v) is 10.3. The minimum absolute atomic E-state index is 0.0665. The Bertz CT molecular complexity index is 1360. The molecule has 4 aliphatic carbocycles. The van der Waals surface area contributed by atoms with E-state index in [0.717, 1.165) is 25.7 Å². The van der Waals surface area contributed by atoms with Crippen LogP contribution in [0.1, 0.15) is 71.8 Å². The molecule has 7 atom stereocenters. The van der Waals surface area contributed by atoms with Crippen LogP contribution in [-0.2, 0) is 33.3 Å². The summed E-state index contributed by atoms with van der Waals surface area (Å²) in [5.41, 5.74) is 2.86. The number of esters is 1. The van der Waals surface area contributed by atoms with Gasteiger partial charge in [-0.05, 0) is 81.3 Å². The van der Waals surface area contributed by atoms with Crippen molar-refractivity contribution in [1.82, 2.24) is 0 Å². The molecular formula is C32H42O7S.